The summed E-state index contributed by atoms with van der Waals surface area (Å²) in [7, 11) is 0. The van der Waals surface area contributed by atoms with E-state index in [0.29, 0.717) is 25.7 Å². The van der Waals surface area contributed by atoms with Gasteiger partial charge in [0.05, 0.1) is 6.61 Å². The molecule has 1 saturated heterocycles. The van der Waals surface area contributed by atoms with Crippen molar-refractivity contribution in [1.29, 1.82) is 0 Å². The zero-order chi connectivity index (χ0) is 54.7. The molecule has 0 spiro atoms. The molecule has 6 atom stereocenters. The topological polar surface area (TPSA) is 175 Å². The van der Waals surface area contributed by atoms with Crippen molar-refractivity contribution in [2.45, 2.75) is 263 Å². The predicted molar refractivity (Wildman–Crippen MR) is 303 cm³/mol. The second-order valence-electron chi connectivity index (χ2n) is 19.5. The Morgan fingerprint density at radius 3 is 1.35 bits per heavy atom. The number of rotatable bonds is 48. The van der Waals surface area contributed by atoms with Crippen LogP contribution in [0.1, 0.15) is 226 Å². The summed E-state index contributed by atoms with van der Waals surface area (Å²) in [6.07, 6.45) is 54.0. The molecule has 0 aromatic rings. The van der Waals surface area contributed by atoms with E-state index < -0.39 is 67.3 Å². The number of carbonyl (C=O) groups is 4. The highest BCUT2D eigenvalue weighted by Crippen LogP contribution is 2.26. The molecule has 0 radical (unpaired) electrons. The van der Waals surface area contributed by atoms with Crippen molar-refractivity contribution in [2.24, 2.45) is 0 Å². The number of carboxylic acid groups (broad SMARTS) is 1. The average molecular weight is 1050 g/mol. The van der Waals surface area contributed by atoms with Gasteiger partial charge < -0.3 is 39.0 Å². The van der Waals surface area contributed by atoms with Gasteiger partial charge in [-0.25, -0.2) is 4.79 Å². The molecule has 0 aromatic carbocycles. The fourth-order valence-electron chi connectivity index (χ4n) is 8.21. The minimum atomic E-state index is -1.92. The maximum atomic E-state index is 13.1. The Kier molecular flexibility index (Phi) is 46.2. The summed E-state index contributed by atoms with van der Waals surface area (Å²) >= 11 is 0. The number of aliphatic carboxylic acids is 1. The lowest BCUT2D eigenvalue weighted by molar-refractivity contribution is -0.301. The molecule has 0 aromatic heterocycles. The van der Waals surface area contributed by atoms with Crippen LogP contribution in [0.4, 0.5) is 0 Å². The number of ether oxygens (including phenoxy) is 5. The number of aliphatic hydroxyl groups is 2. The molecular formula is C63H102O12. The second kappa shape index (κ2) is 50.5. The molecule has 3 N–H and O–H groups in total. The highest BCUT2D eigenvalue weighted by molar-refractivity contribution is 5.74. The normalized spacial score (nSPS) is 18.9. The molecule has 1 aliphatic rings. The number of hydrogen-bond acceptors (Lipinski definition) is 11. The van der Waals surface area contributed by atoms with Gasteiger partial charge in [-0.05, 0) is 103 Å². The lowest BCUT2D eigenvalue weighted by atomic mass is 9.98. The van der Waals surface area contributed by atoms with E-state index in [0.717, 1.165) is 116 Å². The summed E-state index contributed by atoms with van der Waals surface area (Å²) < 4.78 is 28.3. The maximum absolute atomic E-state index is 13.1. The smallest absolute Gasteiger partial charge is 0.335 e. The van der Waals surface area contributed by atoms with Gasteiger partial charge in [-0.3, -0.25) is 14.4 Å². The second-order valence-corrected chi connectivity index (χ2v) is 19.5. The summed E-state index contributed by atoms with van der Waals surface area (Å²) in [6.45, 7) is 5.68. The molecule has 6 unspecified atom stereocenters. The molecule has 1 rings (SSSR count). The minimum Gasteiger partial charge on any atom is -0.479 e. The van der Waals surface area contributed by atoms with Crippen LogP contribution in [-0.2, 0) is 42.9 Å². The van der Waals surface area contributed by atoms with Crippen molar-refractivity contribution in [3.05, 3.63) is 97.2 Å². The van der Waals surface area contributed by atoms with Crippen LogP contribution in [0.15, 0.2) is 97.2 Å². The number of aliphatic hydroxyl groups excluding tert-OH is 2. The number of carboxylic acids is 1. The molecular weight excluding hydrogens is 949 g/mol. The average Bonchev–Trinajstić information content (AvgIpc) is 3.39. The molecule has 0 aliphatic carbocycles. The number of hydrogen-bond donors (Lipinski definition) is 3. The van der Waals surface area contributed by atoms with Crippen LogP contribution in [-0.4, -0.2) is 89.2 Å². The fraction of sp³-hybridized carbons (Fsp3) is 0.683. The summed E-state index contributed by atoms with van der Waals surface area (Å²) in [5.74, 6) is -3.26. The van der Waals surface area contributed by atoms with Gasteiger partial charge in [-0.2, -0.15) is 0 Å². The van der Waals surface area contributed by atoms with E-state index in [1.54, 1.807) is 0 Å². The molecule has 0 saturated carbocycles. The zero-order valence-electron chi connectivity index (χ0n) is 46.8. The van der Waals surface area contributed by atoms with Crippen molar-refractivity contribution in [2.75, 3.05) is 13.2 Å². The molecule has 426 valence electrons. The summed E-state index contributed by atoms with van der Waals surface area (Å²) in [5.41, 5.74) is 0. The lowest BCUT2D eigenvalue weighted by Crippen LogP contribution is -2.61. The van der Waals surface area contributed by atoms with Crippen LogP contribution in [0.5, 0.6) is 0 Å². The van der Waals surface area contributed by atoms with Crippen molar-refractivity contribution in [3.8, 4) is 0 Å². The molecule has 12 nitrogen and oxygen atoms in total. The van der Waals surface area contributed by atoms with Crippen LogP contribution in [0.25, 0.3) is 0 Å². The van der Waals surface area contributed by atoms with E-state index in [-0.39, 0.29) is 25.9 Å². The molecule has 0 amide bonds. The Hall–Kier alpha value is -4.36. The highest BCUT2D eigenvalue weighted by atomic mass is 16.7. The largest absolute Gasteiger partial charge is 0.479 e. The molecule has 1 heterocycles. The van der Waals surface area contributed by atoms with E-state index >= 15 is 0 Å². The zero-order valence-corrected chi connectivity index (χ0v) is 46.8. The first-order valence-electron chi connectivity index (χ1n) is 29.2. The summed E-state index contributed by atoms with van der Waals surface area (Å²) in [5, 5.41) is 31.5. The van der Waals surface area contributed by atoms with Gasteiger partial charge in [0.1, 0.15) is 18.8 Å². The van der Waals surface area contributed by atoms with Crippen molar-refractivity contribution in [3.63, 3.8) is 0 Å². The standard InChI is InChI=1S/C63H102O12/c1-4-7-10-13-16-19-22-25-27-28-30-32-34-37-40-43-46-49-55(64)71-52-54(73-56(65)50-47-44-41-38-35-31-24-21-18-15-12-9-6-3)53-72-63-61(59(68)58(67)60(75-63)62(69)70)74-57(66)51-48-45-42-39-36-33-29-26-23-20-17-14-11-8-5-2/h7,9-10,12,16,18-19,21,25-27,29,31,35,41,44,54,58-61,63,67-68H,4-6,8,11,13-15,17,20,22-24,28,30,32-34,36-40,42-43,45-53H2,1-3H3,(H,69,70)/b10-7-,12-9-,19-16-,21-18-,27-25-,29-26-,35-31-,44-41-. The van der Waals surface area contributed by atoms with Gasteiger partial charge in [-0.1, -0.05) is 201 Å². The maximum Gasteiger partial charge on any atom is 0.335 e. The monoisotopic (exact) mass is 1050 g/mol. The molecule has 12 heteroatoms. The van der Waals surface area contributed by atoms with Crippen LogP contribution in [0.2, 0.25) is 0 Å². The number of esters is 3. The summed E-state index contributed by atoms with van der Waals surface area (Å²) in [6, 6.07) is 0. The molecule has 75 heavy (non-hydrogen) atoms. The van der Waals surface area contributed by atoms with Crippen LogP contribution in [0, 0.1) is 0 Å². The van der Waals surface area contributed by atoms with Gasteiger partial charge in [0, 0.05) is 19.3 Å². The van der Waals surface area contributed by atoms with Crippen molar-refractivity contribution < 1.29 is 58.2 Å². The Labute approximate surface area is 453 Å². The summed E-state index contributed by atoms with van der Waals surface area (Å²) in [4.78, 5) is 51.0. The van der Waals surface area contributed by atoms with Gasteiger partial charge in [0.25, 0.3) is 0 Å². The SMILES string of the molecule is CC/C=C\C/C=C\C/C=C\C/C=C\CCC(=O)OC(COC(=O)CCCCCCCCC/C=C\C/C=C\C/C=C\CC)COC1OC(C(=O)O)C(O)C(O)C1OC(=O)CCCCCCC/C=C\CCCCCCCC. The third-order valence-electron chi connectivity index (χ3n) is 12.6. The highest BCUT2D eigenvalue weighted by Gasteiger charge is 2.50. The quantitative estimate of drug-likeness (QED) is 0.0228. The molecule has 1 fully saturated rings. The molecule has 0 bridgehead atoms. The third kappa shape index (κ3) is 40.6. The van der Waals surface area contributed by atoms with E-state index in [1.165, 1.54) is 44.9 Å². The van der Waals surface area contributed by atoms with Crippen LogP contribution in [0.3, 0.4) is 0 Å². The number of carbonyl (C=O) groups excluding carboxylic acids is 3. The third-order valence-corrected chi connectivity index (χ3v) is 12.6. The Morgan fingerprint density at radius 1 is 0.453 bits per heavy atom. The first-order valence-corrected chi connectivity index (χ1v) is 29.2. The van der Waals surface area contributed by atoms with E-state index in [2.05, 4.69) is 106 Å². The molecule has 1 aliphatic heterocycles. The first kappa shape index (κ1) is 68.7. The fourth-order valence-corrected chi connectivity index (χ4v) is 8.21. The van der Waals surface area contributed by atoms with Gasteiger partial charge in [-0.15, -0.1) is 0 Å². The predicted octanol–water partition coefficient (Wildman–Crippen LogP) is 14.9. The van der Waals surface area contributed by atoms with Crippen molar-refractivity contribution >= 4 is 23.9 Å². The lowest BCUT2D eigenvalue weighted by Gasteiger charge is -2.40. The van der Waals surface area contributed by atoms with Gasteiger partial charge in [0.2, 0.25) is 0 Å². The Balaban J connectivity index is 2.73. The Morgan fingerprint density at radius 2 is 0.867 bits per heavy atom. The minimum absolute atomic E-state index is 0.0346. The van der Waals surface area contributed by atoms with Crippen LogP contribution < -0.4 is 0 Å². The van der Waals surface area contributed by atoms with Crippen LogP contribution >= 0.6 is 0 Å². The number of allylic oxidation sites excluding steroid dienone is 16. The van der Waals surface area contributed by atoms with E-state index in [4.69, 9.17) is 23.7 Å². The van der Waals surface area contributed by atoms with E-state index in [9.17, 15) is 34.5 Å². The van der Waals surface area contributed by atoms with E-state index in [1.807, 2.05) is 12.2 Å². The first-order chi connectivity index (χ1) is 36.6. The number of unbranched alkanes of at least 4 members (excludes halogenated alkanes) is 18. The van der Waals surface area contributed by atoms with Crippen molar-refractivity contribution in [1.82, 2.24) is 0 Å². The Bertz CT molecular complexity index is 1670. The van der Waals surface area contributed by atoms with Gasteiger partial charge >= 0.3 is 23.9 Å². The van der Waals surface area contributed by atoms with Gasteiger partial charge in [0.15, 0.2) is 24.6 Å².